The van der Waals surface area contributed by atoms with Gasteiger partial charge >= 0.3 is 0 Å². The van der Waals surface area contributed by atoms with Gasteiger partial charge in [0.25, 0.3) is 0 Å². The van der Waals surface area contributed by atoms with Crippen LogP contribution >= 0.6 is 0 Å². The Balaban J connectivity index is 1.59. The standard InChI is InChI=1S/C20H27N5O2/c1-4-21-20(23-13-18-24-14(2)15(3)27-18)22-12-16-7-9-17(10-8-16)25-11-5-6-19(25)26/h7-10H,4-6,11-13H2,1-3H3,(H2,21,22,23). The minimum Gasteiger partial charge on any atom is -0.444 e. The first-order valence-corrected chi connectivity index (χ1v) is 9.41. The Morgan fingerprint density at radius 2 is 2.04 bits per heavy atom. The molecule has 27 heavy (non-hydrogen) atoms. The predicted molar refractivity (Wildman–Crippen MR) is 106 cm³/mol. The number of carbonyl (C=O) groups is 1. The van der Waals surface area contributed by atoms with Crippen LogP contribution < -0.4 is 15.5 Å². The summed E-state index contributed by atoms with van der Waals surface area (Å²) in [5.74, 6) is 2.40. The van der Waals surface area contributed by atoms with Crippen LogP contribution in [0.2, 0.25) is 0 Å². The van der Waals surface area contributed by atoms with Crippen LogP contribution in [0.5, 0.6) is 0 Å². The van der Waals surface area contributed by atoms with E-state index in [0.717, 1.165) is 42.2 Å². The van der Waals surface area contributed by atoms with Crippen LogP contribution in [0.25, 0.3) is 0 Å². The molecule has 0 spiro atoms. The third-order valence-corrected chi connectivity index (χ3v) is 4.57. The van der Waals surface area contributed by atoms with E-state index in [1.807, 2.05) is 49.9 Å². The van der Waals surface area contributed by atoms with Crippen LogP contribution in [0, 0.1) is 13.8 Å². The Morgan fingerprint density at radius 1 is 1.26 bits per heavy atom. The van der Waals surface area contributed by atoms with Gasteiger partial charge in [-0.05, 0) is 44.9 Å². The molecule has 0 aliphatic carbocycles. The van der Waals surface area contributed by atoms with Crippen LogP contribution in [0.1, 0.15) is 42.7 Å². The Kier molecular flexibility index (Phi) is 6.11. The van der Waals surface area contributed by atoms with Crippen LogP contribution in [0.3, 0.4) is 0 Å². The van der Waals surface area contributed by atoms with E-state index < -0.39 is 0 Å². The number of aryl methyl sites for hydroxylation is 2. The number of oxazole rings is 1. The maximum absolute atomic E-state index is 11.8. The van der Waals surface area contributed by atoms with Crippen LogP contribution in [-0.2, 0) is 17.9 Å². The van der Waals surface area contributed by atoms with Crippen molar-refractivity contribution in [2.24, 2.45) is 4.99 Å². The molecule has 0 unspecified atom stereocenters. The molecule has 2 aromatic rings. The highest BCUT2D eigenvalue weighted by atomic mass is 16.4. The van der Waals surface area contributed by atoms with Gasteiger partial charge in [-0.1, -0.05) is 12.1 Å². The van der Waals surface area contributed by atoms with Crippen molar-refractivity contribution in [2.45, 2.75) is 46.7 Å². The van der Waals surface area contributed by atoms with Crippen molar-refractivity contribution in [1.29, 1.82) is 0 Å². The average molecular weight is 369 g/mol. The molecule has 1 saturated heterocycles. The molecule has 3 rings (SSSR count). The molecule has 1 aromatic heterocycles. The number of anilines is 1. The molecule has 7 nitrogen and oxygen atoms in total. The molecule has 0 radical (unpaired) electrons. The van der Waals surface area contributed by atoms with Gasteiger partial charge in [-0.3, -0.25) is 4.79 Å². The van der Waals surface area contributed by atoms with E-state index in [9.17, 15) is 4.79 Å². The van der Waals surface area contributed by atoms with Gasteiger partial charge in [0, 0.05) is 25.2 Å². The van der Waals surface area contributed by atoms with Crippen molar-refractivity contribution in [3.63, 3.8) is 0 Å². The fraction of sp³-hybridized carbons (Fsp3) is 0.450. The molecule has 7 heteroatoms. The minimum atomic E-state index is 0.205. The summed E-state index contributed by atoms with van der Waals surface area (Å²) in [6.07, 6.45) is 1.58. The predicted octanol–water partition coefficient (Wildman–Crippen LogP) is 2.67. The Labute approximate surface area is 159 Å². The third kappa shape index (κ3) is 4.87. The number of aliphatic imine (C=N–C) groups is 1. The monoisotopic (exact) mass is 369 g/mol. The normalized spacial score (nSPS) is 14.7. The number of amides is 1. The number of rotatable bonds is 6. The number of nitrogens with one attached hydrogen (secondary N) is 2. The Morgan fingerprint density at radius 3 is 2.63 bits per heavy atom. The Hall–Kier alpha value is -2.83. The highest BCUT2D eigenvalue weighted by Crippen LogP contribution is 2.21. The molecule has 2 N–H and O–H groups in total. The van der Waals surface area contributed by atoms with Gasteiger partial charge in [-0.15, -0.1) is 0 Å². The van der Waals surface area contributed by atoms with Gasteiger partial charge in [0.15, 0.2) is 5.96 Å². The molecule has 0 bridgehead atoms. The summed E-state index contributed by atoms with van der Waals surface area (Å²) in [5.41, 5.74) is 2.96. The zero-order chi connectivity index (χ0) is 19.2. The number of guanidine groups is 1. The first-order chi connectivity index (χ1) is 13.1. The van der Waals surface area contributed by atoms with Crippen molar-refractivity contribution in [2.75, 3.05) is 18.0 Å². The fourth-order valence-electron chi connectivity index (χ4n) is 2.99. The maximum atomic E-state index is 11.8. The number of hydrogen-bond donors (Lipinski definition) is 2. The highest BCUT2D eigenvalue weighted by molar-refractivity contribution is 5.95. The first-order valence-electron chi connectivity index (χ1n) is 9.41. The zero-order valence-corrected chi connectivity index (χ0v) is 16.2. The summed E-state index contributed by atoms with van der Waals surface area (Å²) >= 11 is 0. The first kappa shape index (κ1) is 18.9. The van der Waals surface area contributed by atoms with Crippen molar-refractivity contribution >= 4 is 17.6 Å². The van der Waals surface area contributed by atoms with Gasteiger partial charge in [0.05, 0.1) is 18.8 Å². The second-order valence-electron chi connectivity index (χ2n) is 6.61. The van der Waals surface area contributed by atoms with Crippen LogP contribution in [-0.4, -0.2) is 29.9 Å². The second-order valence-corrected chi connectivity index (χ2v) is 6.61. The third-order valence-electron chi connectivity index (χ3n) is 4.57. The number of carbonyl (C=O) groups excluding carboxylic acids is 1. The molecule has 1 aliphatic rings. The van der Waals surface area contributed by atoms with Crippen molar-refractivity contribution in [3.05, 3.63) is 47.2 Å². The summed E-state index contributed by atoms with van der Waals surface area (Å²) in [6.45, 7) is 8.48. The number of hydrogen-bond acceptors (Lipinski definition) is 4. The minimum absolute atomic E-state index is 0.205. The summed E-state index contributed by atoms with van der Waals surface area (Å²) in [7, 11) is 0. The van der Waals surface area contributed by atoms with Crippen molar-refractivity contribution in [1.82, 2.24) is 15.6 Å². The summed E-state index contributed by atoms with van der Waals surface area (Å²) in [5, 5.41) is 6.46. The zero-order valence-electron chi connectivity index (χ0n) is 16.2. The highest BCUT2D eigenvalue weighted by Gasteiger charge is 2.21. The van der Waals surface area contributed by atoms with Gasteiger partial charge in [-0.25, -0.2) is 9.98 Å². The molecule has 1 aromatic carbocycles. The second kappa shape index (κ2) is 8.70. The molecule has 1 amide bonds. The summed E-state index contributed by atoms with van der Waals surface area (Å²) in [6, 6.07) is 8.03. The quantitative estimate of drug-likeness (QED) is 0.604. The van der Waals surface area contributed by atoms with Crippen LogP contribution in [0.15, 0.2) is 33.7 Å². The fourth-order valence-corrected chi connectivity index (χ4v) is 2.99. The molecule has 2 heterocycles. The smallest absolute Gasteiger partial charge is 0.227 e. The van der Waals surface area contributed by atoms with Gasteiger partial charge in [0.1, 0.15) is 5.76 Å². The van der Waals surface area contributed by atoms with Crippen molar-refractivity contribution < 1.29 is 9.21 Å². The van der Waals surface area contributed by atoms with E-state index in [1.165, 1.54) is 0 Å². The number of benzene rings is 1. The van der Waals surface area contributed by atoms with E-state index in [4.69, 9.17) is 4.42 Å². The molecule has 1 fully saturated rings. The lowest BCUT2D eigenvalue weighted by molar-refractivity contribution is -0.117. The van der Waals surface area contributed by atoms with E-state index >= 15 is 0 Å². The molecule has 0 saturated carbocycles. The average Bonchev–Trinajstić information content (AvgIpc) is 3.23. The molecule has 0 atom stereocenters. The van der Waals surface area contributed by atoms with E-state index in [1.54, 1.807) is 0 Å². The SMILES string of the molecule is CCNC(=NCc1ccc(N2CCCC2=O)cc1)NCc1nc(C)c(C)o1. The van der Waals surface area contributed by atoms with Crippen LogP contribution in [0.4, 0.5) is 5.69 Å². The molecular weight excluding hydrogens is 342 g/mol. The Bertz CT molecular complexity index is 791. The van der Waals surface area contributed by atoms with Gasteiger partial charge < -0.3 is 20.0 Å². The lowest BCUT2D eigenvalue weighted by atomic mass is 10.2. The lowest BCUT2D eigenvalue weighted by Crippen LogP contribution is -2.36. The molecular formula is C20H27N5O2. The van der Waals surface area contributed by atoms with Gasteiger partial charge in [-0.2, -0.15) is 0 Å². The molecule has 144 valence electrons. The van der Waals surface area contributed by atoms with Gasteiger partial charge in [0.2, 0.25) is 11.8 Å². The summed E-state index contributed by atoms with van der Waals surface area (Å²) in [4.78, 5) is 22.7. The number of aromatic nitrogens is 1. The number of nitrogens with zero attached hydrogens (tertiary/aromatic N) is 3. The van der Waals surface area contributed by atoms with E-state index in [0.29, 0.717) is 31.4 Å². The van der Waals surface area contributed by atoms with E-state index in [2.05, 4.69) is 20.6 Å². The largest absolute Gasteiger partial charge is 0.444 e. The topological polar surface area (TPSA) is 82.8 Å². The van der Waals surface area contributed by atoms with E-state index in [-0.39, 0.29) is 5.91 Å². The lowest BCUT2D eigenvalue weighted by Gasteiger charge is -2.15. The molecule has 1 aliphatic heterocycles. The summed E-state index contributed by atoms with van der Waals surface area (Å²) < 4.78 is 5.59. The van der Waals surface area contributed by atoms with Crippen molar-refractivity contribution in [3.8, 4) is 0 Å². The maximum Gasteiger partial charge on any atom is 0.227 e.